The molecule has 2 aliphatic carbocycles. The Morgan fingerprint density at radius 3 is 2.77 bits per heavy atom. The van der Waals surface area contributed by atoms with Gasteiger partial charge in [0.25, 0.3) is 0 Å². The molecule has 0 aromatic rings. The number of carboxylic acids is 1. The smallest absolute Gasteiger partial charge is 0.336 e. The fourth-order valence-electron chi connectivity index (χ4n) is 3.04. The molecule has 3 atom stereocenters. The summed E-state index contributed by atoms with van der Waals surface area (Å²) in [6, 6.07) is 0. The fraction of sp³-hybridized carbons (Fsp3) is 0.900. The van der Waals surface area contributed by atoms with Crippen LogP contribution in [0.2, 0.25) is 0 Å². The molecule has 0 saturated heterocycles. The van der Waals surface area contributed by atoms with Crippen LogP contribution in [0, 0.1) is 11.8 Å². The maximum atomic E-state index is 11.2. The van der Waals surface area contributed by atoms with E-state index in [0.717, 1.165) is 19.3 Å². The van der Waals surface area contributed by atoms with Gasteiger partial charge in [-0.1, -0.05) is 0 Å². The highest BCUT2D eigenvalue weighted by Gasteiger charge is 2.56. The lowest BCUT2D eigenvalue weighted by Gasteiger charge is -2.33. The summed E-state index contributed by atoms with van der Waals surface area (Å²) in [5.41, 5.74) is -0.822. The molecule has 2 aliphatic rings. The lowest BCUT2D eigenvalue weighted by Crippen LogP contribution is -2.46. The summed E-state index contributed by atoms with van der Waals surface area (Å²) in [6.45, 7) is 2.38. The van der Waals surface area contributed by atoms with Crippen LogP contribution in [-0.2, 0) is 9.53 Å². The Kier molecular flexibility index (Phi) is 2.06. The normalized spacial score (nSPS) is 42.5. The quantitative estimate of drug-likeness (QED) is 0.725. The van der Waals surface area contributed by atoms with Crippen LogP contribution in [0.25, 0.3) is 0 Å². The van der Waals surface area contributed by atoms with E-state index >= 15 is 0 Å². The molecule has 13 heavy (non-hydrogen) atoms. The molecule has 0 amide bonds. The molecule has 0 spiro atoms. The van der Waals surface area contributed by atoms with Crippen molar-refractivity contribution in [2.75, 3.05) is 6.61 Å². The van der Waals surface area contributed by atoms with Gasteiger partial charge in [-0.15, -0.1) is 0 Å². The highest BCUT2D eigenvalue weighted by molar-refractivity contribution is 5.78. The van der Waals surface area contributed by atoms with Crippen LogP contribution in [0.4, 0.5) is 0 Å². The van der Waals surface area contributed by atoms with E-state index in [4.69, 9.17) is 4.74 Å². The van der Waals surface area contributed by atoms with Crippen molar-refractivity contribution in [1.82, 2.24) is 0 Å². The van der Waals surface area contributed by atoms with Crippen LogP contribution in [0.15, 0.2) is 0 Å². The van der Waals surface area contributed by atoms with Crippen molar-refractivity contribution in [2.45, 2.75) is 38.2 Å². The molecule has 2 bridgehead atoms. The molecule has 3 nitrogen and oxygen atoms in total. The first kappa shape index (κ1) is 9.00. The Bertz CT molecular complexity index is 226. The van der Waals surface area contributed by atoms with Crippen molar-refractivity contribution in [3.8, 4) is 0 Å². The third-order valence-corrected chi connectivity index (χ3v) is 3.56. The second-order valence-electron chi connectivity index (χ2n) is 4.21. The van der Waals surface area contributed by atoms with Crippen LogP contribution in [-0.4, -0.2) is 23.3 Å². The van der Waals surface area contributed by atoms with Gasteiger partial charge in [-0.3, -0.25) is 0 Å². The molecule has 0 aromatic carbocycles. The minimum absolute atomic E-state index is 0.273. The summed E-state index contributed by atoms with van der Waals surface area (Å²) in [5.74, 6) is 0.129. The summed E-state index contributed by atoms with van der Waals surface area (Å²) in [4.78, 5) is 11.2. The summed E-state index contributed by atoms with van der Waals surface area (Å²) in [7, 11) is 0. The van der Waals surface area contributed by atoms with E-state index in [1.54, 1.807) is 0 Å². The molecule has 2 fully saturated rings. The highest BCUT2D eigenvalue weighted by Crippen LogP contribution is 2.52. The summed E-state index contributed by atoms with van der Waals surface area (Å²) >= 11 is 0. The standard InChI is InChI=1S/C10H16O3/c1-2-13-10(9(11)12)6-7-3-4-8(10)5-7/h7-8H,2-6H2,1H3,(H,11,12). The maximum absolute atomic E-state index is 11.2. The zero-order valence-electron chi connectivity index (χ0n) is 7.95. The molecule has 1 N–H and O–H groups in total. The van der Waals surface area contributed by atoms with Crippen molar-refractivity contribution in [3.05, 3.63) is 0 Å². The molecule has 0 aliphatic heterocycles. The maximum Gasteiger partial charge on any atom is 0.336 e. The van der Waals surface area contributed by atoms with Crippen molar-refractivity contribution in [2.24, 2.45) is 11.8 Å². The molecule has 74 valence electrons. The van der Waals surface area contributed by atoms with Gasteiger partial charge in [-0.05, 0) is 44.4 Å². The van der Waals surface area contributed by atoms with Crippen LogP contribution >= 0.6 is 0 Å². The Hall–Kier alpha value is -0.570. The van der Waals surface area contributed by atoms with Crippen LogP contribution in [0.3, 0.4) is 0 Å². The van der Waals surface area contributed by atoms with Gasteiger partial charge < -0.3 is 9.84 Å². The van der Waals surface area contributed by atoms with Gasteiger partial charge >= 0.3 is 5.97 Å². The van der Waals surface area contributed by atoms with Gasteiger partial charge in [0.05, 0.1) is 0 Å². The minimum Gasteiger partial charge on any atom is -0.479 e. The first-order valence-electron chi connectivity index (χ1n) is 5.06. The molecule has 3 unspecified atom stereocenters. The third-order valence-electron chi connectivity index (χ3n) is 3.56. The summed E-state index contributed by atoms with van der Waals surface area (Å²) in [6.07, 6.45) is 4.04. The Morgan fingerprint density at radius 1 is 1.62 bits per heavy atom. The topological polar surface area (TPSA) is 46.5 Å². The zero-order valence-corrected chi connectivity index (χ0v) is 7.95. The largest absolute Gasteiger partial charge is 0.479 e. The predicted molar refractivity (Wildman–Crippen MR) is 47.4 cm³/mol. The molecule has 2 saturated carbocycles. The number of fused-ring (bicyclic) bond motifs is 2. The van der Waals surface area contributed by atoms with Crippen molar-refractivity contribution in [3.63, 3.8) is 0 Å². The molecule has 3 heteroatoms. The number of hydrogen-bond acceptors (Lipinski definition) is 2. The lowest BCUT2D eigenvalue weighted by molar-refractivity contribution is -0.173. The molecule has 2 rings (SSSR count). The van der Waals surface area contributed by atoms with Gasteiger partial charge in [0.2, 0.25) is 0 Å². The lowest BCUT2D eigenvalue weighted by atomic mass is 9.84. The predicted octanol–water partition coefficient (Wildman–Crippen LogP) is 1.67. The van der Waals surface area contributed by atoms with Crippen molar-refractivity contribution >= 4 is 5.97 Å². The van der Waals surface area contributed by atoms with Gasteiger partial charge in [0, 0.05) is 6.61 Å². The average molecular weight is 184 g/mol. The first-order chi connectivity index (χ1) is 6.19. The van der Waals surface area contributed by atoms with E-state index in [0.29, 0.717) is 12.5 Å². The second-order valence-corrected chi connectivity index (χ2v) is 4.21. The van der Waals surface area contributed by atoms with Crippen LogP contribution in [0.5, 0.6) is 0 Å². The molecular formula is C10H16O3. The van der Waals surface area contributed by atoms with Crippen molar-refractivity contribution < 1.29 is 14.6 Å². The monoisotopic (exact) mass is 184 g/mol. The number of carbonyl (C=O) groups is 1. The van der Waals surface area contributed by atoms with Gasteiger partial charge in [0.15, 0.2) is 5.60 Å². The van der Waals surface area contributed by atoms with Crippen molar-refractivity contribution in [1.29, 1.82) is 0 Å². The Morgan fingerprint density at radius 2 is 2.38 bits per heavy atom. The number of hydrogen-bond donors (Lipinski definition) is 1. The van der Waals surface area contributed by atoms with E-state index in [9.17, 15) is 9.90 Å². The molecule has 0 aromatic heterocycles. The second kappa shape index (κ2) is 2.98. The number of aliphatic carboxylic acids is 1. The first-order valence-corrected chi connectivity index (χ1v) is 5.06. The van der Waals surface area contributed by atoms with E-state index in [-0.39, 0.29) is 5.92 Å². The highest BCUT2D eigenvalue weighted by atomic mass is 16.5. The number of ether oxygens (including phenoxy) is 1. The van der Waals surface area contributed by atoms with Gasteiger partial charge in [0.1, 0.15) is 0 Å². The average Bonchev–Trinajstić information content (AvgIpc) is 2.64. The Labute approximate surface area is 78.1 Å². The SMILES string of the molecule is CCOC1(C(=O)O)CC2CCC1C2. The van der Waals surface area contributed by atoms with Gasteiger partial charge in [-0.25, -0.2) is 4.79 Å². The number of carboxylic acid groups (broad SMARTS) is 1. The van der Waals surface area contributed by atoms with Gasteiger partial charge in [-0.2, -0.15) is 0 Å². The molecular weight excluding hydrogens is 168 g/mol. The summed E-state index contributed by atoms with van der Waals surface area (Å²) < 4.78 is 5.49. The molecule has 0 heterocycles. The van der Waals surface area contributed by atoms with Crippen LogP contribution < -0.4 is 0 Å². The fourth-order valence-corrected chi connectivity index (χ4v) is 3.04. The molecule has 0 radical (unpaired) electrons. The minimum atomic E-state index is -0.822. The van der Waals surface area contributed by atoms with E-state index in [1.165, 1.54) is 6.42 Å². The number of rotatable bonds is 3. The summed E-state index contributed by atoms with van der Waals surface area (Å²) in [5, 5.41) is 9.19. The third kappa shape index (κ3) is 1.17. The van der Waals surface area contributed by atoms with E-state index in [1.807, 2.05) is 6.92 Å². The zero-order chi connectivity index (χ0) is 9.47. The van der Waals surface area contributed by atoms with E-state index < -0.39 is 11.6 Å². The Balaban J connectivity index is 2.20. The van der Waals surface area contributed by atoms with Crippen LogP contribution in [0.1, 0.15) is 32.6 Å². The van der Waals surface area contributed by atoms with E-state index in [2.05, 4.69) is 0 Å².